The highest BCUT2D eigenvalue weighted by atomic mass is 35.5. The normalized spacial score (nSPS) is 12.3. The first kappa shape index (κ1) is 14.8. The zero-order valence-corrected chi connectivity index (χ0v) is 13.1. The lowest BCUT2D eigenvalue weighted by Crippen LogP contribution is -2.28. The molecule has 0 spiro atoms. The summed E-state index contributed by atoms with van der Waals surface area (Å²) < 4.78 is 1.82. The summed E-state index contributed by atoms with van der Waals surface area (Å²) in [5.41, 5.74) is 1.05. The molecule has 0 aliphatic carbocycles. The fourth-order valence-corrected chi connectivity index (χ4v) is 2.56. The molecule has 1 atom stereocenters. The predicted molar refractivity (Wildman–Crippen MR) is 85.3 cm³/mol. The van der Waals surface area contributed by atoms with Gasteiger partial charge in [0.1, 0.15) is 0 Å². The number of fused-ring (bicyclic) bond motifs is 1. The van der Waals surface area contributed by atoms with Gasteiger partial charge in [0.25, 0.3) is 5.91 Å². The molecule has 2 heterocycles. The largest absolute Gasteiger partial charge is 0.342 e. The van der Waals surface area contributed by atoms with Gasteiger partial charge in [-0.15, -0.1) is 10.2 Å². The molecule has 0 bridgehead atoms. The Labute approximate surface area is 136 Å². The maximum absolute atomic E-state index is 12.3. The molecule has 1 amide bonds. The highest BCUT2D eigenvalue weighted by Gasteiger charge is 2.18. The van der Waals surface area contributed by atoms with Gasteiger partial charge in [-0.25, -0.2) is 0 Å². The van der Waals surface area contributed by atoms with Crippen LogP contribution in [0.5, 0.6) is 0 Å². The van der Waals surface area contributed by atoms with Crippen LogP contribution in [-0.4, -0.2) is 20.5 Å². The number of hydrogen-bond donors (Lipinski definition) is 1. The van der Waals surface area contributed by atoms with Crippen LogP contribution in [0.25, 0.3) is 5.65 Å². The lowest BCUT2D eigenvalue weighted by Gasteiger charge is -2.13. The second-order valence-electron chi connectivity index (χ2n) is 4.78. The van der Waals surface area contributed by atoms with Crippen molar-refractivity contribution in [3.8, 4) is 0 Å². The molecule has 0 fully saturated rings. The maximum Gasteiger partial charge on any atom is 0.253 e. The number of benzene rings is 1. The van der Waals surface area contributed by atoms with Crippen LogP contribution in [-0.2, 0) is 0 Å². The molecular formula is C15H12Cl2N4O. The van der Waals surface area contributed by atoms with Gasteiger partial charge in [-0.2, -0.15) is 0 Å². The molecule has 22 heavy (non-hydrogen) atoms. The number of carbonyl (C=O) groups excluding carboxylic acids is 1. The highest BCUT2D eigenvalue weighted by Crippen LogP contribution is 2.26. The SMILES string of the molecule is CC(NC(=O)c1cccc(Cl)c1Cl)c1nnc2ccccn12. The molecule has 2 aromatic heterocycles. The minimum absolute atomic E-state index is 0.236. The van der Waals surface area contributed by atoms with Crippen LogP contribution in [0, 0.1) is 0 Å². The standard InChI is InChI=1S/C15H12Cl2N4O/c1-9(14-20-19-12-7-2-3-8-21(12)14)18-15(22)10-5-4-6-11(16)13(10)17/h2-9H,1H3,(H,18,22). The van der Waals surface area contributed by atoms with E-state index >= 15 is 0 Å². The number of aromatic nitrogens is 3. The van der Waals surface area contributed by atoms with Crippen LogP contribution in [0.3, 0.4) is 0 Å². The average Bonchev–Trinajstić information content (AvgIpc) is 2.94. The molecule has 0 aliphatic rings. The van der Waals surface area contributed by atoms with Gasteiger partial charge in [-0.05, 0) is 31.2 Å². The number of amides is 1. The van der Waals surface area contributed by atoms with Crippen molar-refractivity contribution in [2.75, 3.05) is 0 Å². The Morgan fingerprint density at radius 2 is 2.00 bits per heavy atom. The quantitative estimate of drug-likeness (QED) is 0.797. The van der Waals surface area contributed by atoms with Gasteiger partial charge >= 0.3 is 0 Å². The van der Waals surface area contributed by atoms with Gasteiger partial charge in [-0.1, -0.05) is 35.3 Å². The Hall–Kier alpha value is -2.11. The van der Waals surface area contributed by atoms with E-state index in [1.54, 1.807) is 18.2 Å². The van der Waals surface area contributed by atoms with E-state index in [2.05, 4.69) is 15.5 Å². The Kier molecular flexibility index (Phi) is 4.00. The fraction of sp³-hybridized carbons (Fsp3) is 0.133. The number of carbonyl (C=O) groups is 1. The van der Waals surface area contributed by atoms with Crippen molar-refractivity contribution < 1.29 is 4.79 Å². The Morgan fingerprint density at radius 1 is 1.18 bits per heavy atom. The second kappa shape index (κ2) is 5.94. The molecule has 0 saturated carbocycles. The molecule has 1 aromatic carbocycles. The van der Waals surface area contributed by atoms with Crippen molar-refractivity contribution in [3.05, 3.63) is 64.0 Å². The third kappa shape index (κ3) is 2.65. The van der Waals surface area contributed by atoms with Crippen LogP contribution in [0.15, 0.2) is 42.6 Å². The van der Waals surface area contributed by atoms with Crippen molar-refractivity contribution in [3.63, 3.8) is 0 Å². The van der Waals surface area contributed by atoms with Gasteiger partial charge in [-0.3, -0.25) is 9.20 Å². The average molecular weight is 335 g/mol. The van der Waals surface area contributed by atoms with Gasteiger partial charge in [0.05, 0.1) is 21.7 Å². The summed E-state index contributed by atoms with van der Waals surface area (Å²) in [5.74, 6) is 0.329. The Morgan fingerprint density at radius 3 is 2.82 bits per heavy atom. The third-order valence-electron chi connectivity index (χ3n) is 3.27. The Bertz CT molecular complexity index is 846. The molecular weight excluding hydrogens is 323 g/mol. The minimum Gasteiger partial charge on any atom is -0.342 e. The molecule has 1 N–H and O–H groups in total. The molecule has 1 unspecified atom stereocenters. The van der Waals surface area contributed by atoms with Crippen LogP contribution >= 0.6 is 23.2 Å². The lowest BCUT2D eigenvalue weighted by atomic mass is 10.2. The van der Waals surface area contributed by atoms with Crippen LogP contribution in [0.1, 0.15) is 29.1 Å². The van der Waals surface area contributed by atoms with Crippen LogP contribution < -0.4 is 5.32 Å². The molecule has 0 radical (unpaired) electrons. The minimum atomic E-state index is -0.333. The van der Waals surface area contributed by atoms with E-state index in [-0.39, 0.29) is 17.0 Å². The zero-order valence-electron chi connectivity index (χ0n) is 11.6. The van der Waals surface area contributed by atoms with Crippen molar-refractivity contribution in [1.29, 1.82) is 0 Å². The van der Waals surface area contributed by atoms with Crippen molar-refractivity contribution >= 4 is 34.8 Å². The lowest BCUT2D eigenvalue weighted by molar-refractivity contribution is 0.0938. The van der Waals surface area contributed by atoms with Crippen molar-refractivity contribution in [2.45, 2.75) is 13.0 Å². The van der Waals surface area contributed by atoms with Gasteiger partial charge in [0, 0.05) is 6.20 Å². The first-order valence-electron chi connectivity index (χ1n) is 6.62. The van der Waals surface area contributed by atoms with E-state index in [9.17, 15) is 4.79 Å². The summed E-state index contributed by atoms with van der Waals surface area (Å²) in [7, 11) is 0. The molecule has 3 rings (SSSR count). The van der Waals surface area contributed by atoms with Gasteiger partial charge < -0.3 is 5.32 Å². The van der Waals surface area contributed by atoms with Gasteiger partial charge in [0.2, 0.25) is 0 Å². The molecule has 0 aliphatic heterocycles. The van der Waals surface area contributed by atoms with E-state index in [1.165, 1.54) is 0 Å². The third-order valence-corrected chi connectivity index (χ3v) is 4.09. The summed E-state index contributed by atoms with van der Waals surface area (Å²) in [6, 6.07) is 10.2. The highest BCUT2D eigenvalue weighted by molar-refractivity contribution is 6.43. The summed E-state index contributed by atoms with van der Waals surface area (Å²) in [4.78, 5) is 12.3. The first-order valence-corrected chi connectivity index (χ1v) is 7.38. The molecule has 5 nitrogen and oxygen atoms in total. The van der Waals surface area contributed by atoms with Crippen molar-refractivity contribution in [2.24, 2.45) is 0 Å². The van der Waals surface area contributed by atoms with E-state index < -0.39 is 0 Å². The fourth-order valence-electron chi connectivity index (χ4n) is 2.17. The number of halogens is 2. The summed E-state index contributed by atoms with van der Waals surface area (Å²) in [6.45, 7) is 1.83. The van der Waals surface area contributed by atoms with E-state index in [0.717, 1.165) is 5.65 Å². The smallest absolute Gasteiger partial charge is 0.253 e. The molecule has 3 aromatic rings. The maximum atomic E-state index is 12.3. The number of hydrogen-bond acceptors (Lipinski definition) is 3. The zero-order chi connectivity index (χ0) is 15.7. The van der Waals surface area contributed by atoms with Crippen LogP contribution in [0.4, 0.5) is 0 Å². The van der Waals surface area contributed by atoms with E-state index in [0.29, 0.717) is 16.4 Å². The van der Waals surface area contributed by atoms with Crippen LogP contribution in [0.2, 0.25) is 10.0 Å². The number of nitrogens with one attached hydrogen (secondary N) is 1. The van der Waals surface area contributed by atoms with E-state index in [1.807, 2.05) is 35.7 Å². The molecule has 112 valence electrons. The summed E-state index contributed by atoms with van der Waals surface area (Å²) in [6.07, 6.45) is 1.85. The number of rotatable bonds is 3. The summed E-state index contributed by atoms with van der Waals surface area (Å²) >= 11 is 12.0. The monoisotopic (exact) mass is 334 g/mol. The topological polar surface area (TPSA) is 59.3 Å². The number of pyridine rings is 1. The predicted octanol–water partition coefficient (Wildman–Crippen LogP) is 3.53. The summed E-state index contributed by atoms with van der Waals surface area (Å²) in [5, 5.41) is 11.6. The molecule has 7 heteroatoms. The Balaban J connectivity index is 1.86. The first-order chi connectivity index (χ1) is 10.6. The second-order valence-corrected chi connectivity index (χ2v) is 5.57. The van der Waals surface area contributed by atoms with E-state index in [4.69, 9.17) is 23.2 Å². The van der Waals surface area contributed by atoms with Gasteiger partial charge in [0.15, 0.2) is 11.5 Å². The molecule has 0 saturated heterocycles. The van der Waals surface area contributed by atoms with Crippen molar-refractivity contribution in [1.82, 2.24) is 19.9 Å². The number of nitrogens with zero attached hydrogens (tertiary/aromatic N) is 3.